The zero-order valence-corrected chi connectivity index (χ0v) is 20.2. The van der Waals surface area contributed by atoms with E-state index in [4.69, 9.17) is 9.15 Å². The first-order valence-electron chi connectivity index (χ1n) is 12.3. The van der Waals surface area contributed by atoms with E-state index in [1.807, 2.05) is 43.0 Å². The lowest BCUT2D eigenvalue weighted by molar-refractivity contribution is 0.0353. The molecule has 0 spiro atoms. The summed E-state index contributed by atoms with van der Waals surface area (Å²) in [6, 6.07) is 11.7. The molecular weight excluding hydrogens is 428 g/mol. The molecule has 5 rings (SSSR count). The van der Waals surface area contributed by atoms with E-state index in [9.17, 15) is 9.59 Å². The summed E-state index contributed by atoms with van der Waals surface area (Å²) in [4.78, 5) is 31.6. The summed E-state index contributed by atoms with van der Waals surface area (Å²) in [5.41, 5.74) is 4.93. The zero-order valence-electron chi connectivity index (χ0n) is 20.2. The van der Waals surface area contributed by atoms with Crippen LogP contribution in [0.25, 0.3) is 11.0 Å². The summed E-state index contributed by atoms with van der Waals surface area (Å²) < 4.78 is 11.6. The van der Waals surface area contributed by atoms with Gasteiger partial charge in [-0.3, -0.25) is 14.5 Å². The molecule has 1 amide bonds. The van der Waals surface area contributed by atoms with E-state index in [1.54, 1.807) is 0 Å². The van der Waals surface area contributed by atoms with Gasteiger partial charge in [-0.1, -0.05) is 37.3 Å². The van der Waals surface area contributed by atoms with Crippen molar-refractivity contribution in [3.63, 3.8) is 0 Å². The van der Waals surface area contributed by atoms with Gasteiger partial charge in [0.2, 0.25) is 5.76 Å². The number of amides is 1. The topological polar surface area (TPSA) is 63.0 Å². The number of benzene rings is 2. The molecule has 3 aromatic rings. The van der Waals surface area contributed by atoms with Crippen LogP contribution in [-0.4, -0.2) is 55.1 Å². The number of hydrogen-bond donors (Lipinski definition) is 0. The average molecular weight is 461 g/mol. The Morgan fingerprint density at radius 3 is 2.44 bits per heavy atom. The second-order valence-corrected chi connectivity index (χ2v) is 9.43. The lowest BCUT2D eigenvalue weighted by Crippen LogP contribution is -2.38. The lowest BCUT2D eigenvalue weighted by atomic mass is 9.96. The van der Waals surface area contributed by atoms with Crippen molar-refractivity contribution in [3.8, 4) is 0 Å². The number of morpholine rings is 1. The van der Waals surface area contributed by atoms with Crippen LogP contribution in [0.2, 0.25) is 0 Å². The van der Waals surface area contributed by atoms with E-state index in [2.05, 4.69) is 24.0 Å². The fourth-order valence-electron chi connectivity index (χ4n) is 5.32. The van der Waals surface area contributed by atoms with Crippen LogP contribution in [0.1, 0.15) is 57.8 Å². The minimum absolute atomic E-state index is 0.0950. The molecule has 0 saturated carbocycles. The predicted octanol–water partition coefficient (Wildman–Crippen LogP) is 4.24. The highest BCUT2D eigenvalue weighted by atomic mass is 16.5. The SMILES string of the molecule is CCc1ccc([C@@H]2c3c(oc4cc(C)cc(C)c4c3=O)C(=O)N2CCCN2CCOCC2)cc1. The van der Waals surface area contributed by atoms with Gasteiger partial charge in [0.05, 0.1) is 30.2 Å². The number of carbonyl (C=O) groups is 1. The van der Waals surface area contributed by atoms with Crippen molar-refractivity contribution in [1.29, 1.82) is 0 Å². The van der Waals surface area contributed by atoms with Gasteiger partial charge < -0.3 is 14.1 Å². The molecule has 3 heterocycles. The molecule has 1 fully saturated rings. The fraction of sp³-hybridized carbons (Fsp3) is 0.429. The molecule has 1 atom stereocenters. The van der Waals surface area contributed by atoms with Gasteiger partial charge in [0.15, 0.2) is 5.43 Å². The zero-order chi connectivity index (χ0) is 23.8. The summed E-state index contributed by atoms with van der Waals surface area (Å²) in [5, 5.41) is 0.572. The van der Waals surface area contributed by atoms with Crippen molar-refractivity contribution in [2.45, 2.75) is 39.7 Å². The Labute approximate surface area is 200 Å². The predicted molar refractivity (Wildman–Crippen MR) is 133 cm³/mol. The Hall–Kier alpha value is -2.96. The summed E-state index contributed by atoms with van der Waals surface area (Å²) >= 11 is 0. The van der Waals surface area contributed by atoms with Gasteiger partial charge in [0.25, 0.3) is 5.91 Å². The molecule has 0 aliphatic carbocycles. The van der Waals surface area contributed by atoms with Gasteiger partial charge in [0.1, 0.15) is 5.58 Å². The van der Waals surface area contributed by atoms with Crippen LogP contribution in [0.5, 0.6) is 0 Å². The monoisotopic (exact) mass is 460 g/mol. The summed E-state index contributed by atoms with van der Waals surface area (Å²) in [6.45, 7) is 10.8. The largest absolute Gasteiger partial charge is 0.450 e. The van der Waals surface area contributed by atoms with Crippen LogP contribution < -0.4 is 5.43 Å². The maximum atomic E-state index is 13.8. The van der Waals surface area contributed by atoms with Gasteiger partial charge >= 0.3 is 0 Å². The molecule has 0 N–H and O–H groups in total. The Kier molecular flexibility index (Phi) is 6.28. The van der Waals surface area contributed by atoms with Crippen molar-refractivity contribution in [3.05, 3.63) is 80.2 Å². The number of hydrogen-bond acceptors (Lipinski definition) is 5. The van der Waals surface area contributed by atoms with Crippen LogP contribution >= 0.6 is 0 Å². The first-order chi connectivity index (χ1) is 16.5. The normalized spacial score (nSPS) is 18.6. The maximum absolute atomic E-state index is 13.8. The number of ether oxygens (including phenoxy) is 1. The molecule has 1 aromatic heterocycles. The average Bonchev–Trinajstić information content (AvgIpc) is 3.11. The van der Waals surface area contributed by atoms with E-state index in [-0.39, 0.29) is 17.1 Å². The highest BCUT2D eigenvalue weighted by Gasteiger charge is 2.42. The van der Waals surface area contributed by atoms with Crippen molar-refractivity contribution in [2.75, 3.05) is 39.4 Å². The van der Waals surface area contributed by atoms with E-state index >= 15 is 0 Å². The molecule has 2 aliphatic heterocycles. The van der Waals surface area contributed by atoms with Gasteiger partial charge in [-0.05, 0) is 55.0 Å². The Bertz CT molecular complexity index is 1270. The van der Waals surface area contributed by atoms with E-state index in [0.29, 0.717) is 23.1 Å². The fourth-order valence-corrected chi connectivity index (χ4v) is 5.32. The number of nitrogens with zero attached hydrogens (tertiary/aromatic N) is 2. The lowest BCUT2D eigenvalue weighted by Gasteiger charge is -2.29. The highest BCUT2D eigenvalue weighted by Crippen LogP contribution is 2.38. The van der Waals surface area contributed by atoms with Gasteiger partial charge in [-0.2, -0.15) is 0 Å². The molecule has 6 heteroatoms. The second kappa shape index (κ2) is 9.35. The molecule has 0 unspecified atom stereocenters. The molecule has 2 aliphatic rings. The Balaban J connectivity index is 1.56. The first kappa shape index (κ1) is 22.8. The van der Waals surface area contributed by atoms with Gasteiger partial charge in [0, 0.05) is 26.2 Å². The van der Waals surface area contributed by atoms with Crippen molar-refractivity contribution in [2.24, 2.45) is 0 Å². The van der Waals surface area contributed by atoms with Crippen molar-refractivity contribution in [1.82, 2.24) is 9.80 Å². The molecule has 1 saturated heterocycles. The second-order valence-electron chi connectivity index (χ2n) is 9.43. The molecule has 6 nitrogen and oxygen atoms in total. The van der Waals surface area contributed by atoms with Gasteiger partial charge in [-0.25, -0.2) is 0 Å². The molecular formula is C28H32N2O4. The number of fused-ring (bicyclic) bond motifs is 2. The van der Waals surface area contributed by atoms with Crippen LogP contribution in [0, 0.1) is 13.8 Å². The van der Waals surface area contributed by atoms with Crippen molar-refractivity contribution >= 4 is 16.9 Å². The molecule has 34 heavy (non-hydrogen) atoms. The Morgan fingerprint density at radius 2 is 1.74 bits per heavy atom. The summed E-state index contributed by atoms with van der Waals surface area (Å²) in [5.74, 6) is -0.00172. The van der Waals surface area contributed by atoms with Crippen LogP contribution in [0.4, 0.5) is 0 Å². The Morgan fingerprint density at radius 1 is 1.00 bits per heavy atom. The van der Waals surface area contributed by atoms with E-state index in [1.165, 1.54) is 5.56 Å². The molecule has 2 aromatic carbocycles. The molecule has 0 bridgehead atoms. The third-order valence-electron chi connectivity index (χ3n) is 7.09. The third-order valence-corrected chi connectivity index (χ3v) is 7.09. The number of carbonyl (C=O) groups excluding carboxylic acids is 1. The van der Waals surface area contributed by atoms with Crippen LogP contribution in [0.15, 0.2) is 45.6 Å². The highest BCUT2D eigenvalue weighted by molar-refractivity contribution is 5.99. The first-order valence-corrected chi connectivity index (χ1v) is 12.3. The minimum atomic E-state index is -0.431. The summed E-state index contributed by atoms with van der Waals surface area (Å²) in [6.07, 6.45) is 1.77. The van der Waals surface area contributed by atoms with E-state index in [0.717, 1.165) is 62.4 Å². The number of rotatable bonds is 6. The molecule has 0 radical (unpaired) electrons. The quantitative estimate of drug-likeness (QED) is 0.551. The van der Waals surface area contributed by atoms with Crippen LogP contribution in [0.3, 0.4) is 0 Å². The van der Waals surface area contributed by atoms with E-state index < -0.39 is 6.04 Å². The smallest absolute Gasteiger partial charge is 0.290 e. The summed E-state index contributed by atoms with van der Waals surface area (Å²) in [7, 11) is 0. The van der Waals surface area contributed by atoms with Crippen molar-refractivity contribution < 1.29 is 13.9 Å². The maximum Gasteiger partial charge on any atom is 0.290 e. The van der Waals surface area contributed by atoms with Crippen LogP contribution in [-0.2, 0) is 11.2 Å². The molecule has 178 valence electrons. The third kappa shape index (κ3) is 4.05. The minimum Gasteiger partial charge on any atom is -0.450 e. The standard InChI is InChI=1S/C28H32N2O4/c1-4-20-6-8-21(9-7-20)25-24-26(31)23-19(3)16-18(2)17-22(23)34-27(24)28(32)30(25)11-5-10-29-12-14-33-15-13-29/h6-9,16-17,25H,4-5,10-15H2,1-3H3/t25-/m1/s1. The van der Waals surface area contributed by atoms with Gasteiger partial charge in [-0.15, -0.1) is 0 Å². The number of aryl methyl sites for hydroxylation is 3.